The van der Waals surface area contributed by atoms with Crippen LogP contribution in [-0.2, 0) is 4.79 Å². The average Bonchev–Trinajstić information content (AvgIpc) is 3.32. The van der Waals surface area contributed by atoms with E-state index in [0.29, 0.717) is 28.4 Å². The number of anilines is 1. The van der Waals surface area contributed by atoms with Crippen molar-refractivity contribution in [1.29, 1.82) is 0 Å². The Morgan fingerprint density at radius 3 is 2.59 bits per heavy atom. The molecular weight excluding hydrogens is 438 g/mol. The highest BCUT2D eigenvalue weighted by Crippen LogP contribution is 2.33. The van der Waals surface area contributed by atoms with Crippen LogP contribution >= 0.6 is 0 Å². The lowest BCUT2D eigenvalue weighted by atomic mass is 10.2. The Labute approximate surface area is 196 Å². The molecule has 0 aromatic heterocycles. The van der Waals surface area contributed by atoms with Crippen LogP contribution in [-0.4, -0.2) is 38.5 Å². The number of benzene rings is 3. The van der Waals surface area contributed by atoms with Gasteiger partial charge in [0.1, 0.15) is 0 Å². The molecule has 0 fully saturated rings. The fourth-order valence-electron chi connectivity index (χ4n) is 3.10. The van der Waals surface area contributed by atoms with E-state index >= 15 is 0 Å². The zero-order chi connectivity index (χ0) is 23.9. The zero-order valence-corrected chi connectivity index (χ0v) is 18.7. The number of nitrogens with one attached hydrogen (secondary N) is 2. The number of fused-ring (bicyclic) bond motifs is 1. The van der Waals surface area contributed by atoms with Crippen molar-refractivity contribution < 1.29 is 28.5 Å². The first-order valence-electron chi connectivity index (χ1n) is 10.4. The lowest BCUT2D eigenvalue weighted by molar-refractivity contribution is -0.119. The monoisotopic (exact) mass is 461 g/mol. The van der Waals surface area contributed by atoms with E-state index in [0.717, 1.165) is 11.3 Å². The van der Waals surface area contributed by atoms with Crippen LogP contribution in [0.3, 0.4) is 0 Å². The molecule has 34 heavy (non-hydrogen) atoms. The summed E-state index contributed by atoms with van der Waals surface area (Å²) in [6.45, 7) is 2.20. The fourth-order valence-corrected chi connectivity index (χ4v) is 3.10. The van der Waals surface area contributed by atoms with E-state index in [1.807, 2.05) is 31.2 Å². The van der Waals surface area contributed by atoms with Crippen LogP contribution in [0.25, 0.3) is 0 Å². The van der Waals surface area contributed by atoms with E-state index in [-0.39, 0.29) is 25.0 Å². The number of amides is 1. The van der Waals surface area contributed by atoms with Gasteiger partial charge in [-0.05, 0) is 61.0 Å². The number of aryl methyl sites for hydroxylation is 1. The number of carbonyl (C=O) groups is 2. The second kappa shape index (κ2) is 10.4. The molecule has 0 bridgehead atoms. The first-order chi connectivity index (χ1) is 16.5. The number of rotatable bonds is 8. The number of methoxy groups -OCH3 is 1. The lowest BCUT2D eigenvalue weighted by Gasteiger charge is -2.10. The maximum absolute atomic E-state index is 12.5. The van der Waals surface area contributed by atoms with Crippen molar-refractivity contribution in [3.05, 3.63) is 77.4 Å². The topological polar surface area (TPSA) is 107 Å². The molecule has 3 aromatic rings. The molecule has 9 heteroatoms. The molecule has 9 nitrogen and oxygen atoms in total. The molecule has 0 saturated heterocycles. The van der Waals surface area contributed by atoms with Crippen molar-refractivity contribution in [2.75, 3.05) is 25.8 Å². The standard InChI is InChI=1S/C25H23N3O6/c1-16-3-7-19(8-4-16)26-14-24(29)28-27-13-17-5-9-21(22(11-17)31-2)34-25(30)18-6-10-20-23(12-18)33-15-32-20/h3-13,26H,14-15H2,1-2H3,(H,28,29)/b27-13-. The minimum Gasteiger partial charge on any atom is -0.493 e. The third-order valence-corrected chi connectivity index (χ3v) is 4.91. The minimum atomic E-state index is -0.564. The second-order valence-corrected chi connectivity index (χ2v) is 7.38. The average molecular weight is 461 g/mol. The molecular formula is C25H23N3O6. The molecule has 174 valence electrons. The third kappa shape index (κ3) is 5.63. The lowest BCUT2D eigenvalue weighted by Crippen LogP contribution is -2.25. The second-order valence-electron chi connectivity index (χ2n) is 7.38. The Kier molecular flexibility index (Phi) is 6.92. The van der Waals surface area contributed by atoms with Crippen LogP contribution < -0.4 is 29.7 Å². The van der Waals surface area contributed by atoms with Crippen LogP contribution in [0.15, 0.2) is 65.8 Å². The van der Waals surface area contributed by atoms with Crippen molar-refractivity contribution in [3.63, 3.8) is 0 Å². The van der Waals surface area contributed by atoms with Gasteiger partial charge in [0.25, 0.3) is 5.91 Å². The van der Waals surface area contributed by atoms with E-state index < -0.39 is 5.97 Å². The van der Waals surface area contributed by atoms with Crippen LogP contribution in [0.2, 0.25) is 0 Å². The molecule has 1 amide bonds. The predicted octanol–water partition coefficient (Wildman–Crippen LogP) is 3.51. The first kappa shape index (κ1) is 22.7. The van der Waals surface area contributed by atoms with Crippen molar-refractivity contribution in [3.8, 4) is 23.0 Å². The summed E-state index contributed by atoms with van der Waals surface area (Å²) in [5, 5.41) is 6.98. The Morgan fingerprint density at radius 1 is 1.00 bits per heavy atom. The van der Waals surface area contributed by atoms with Gasteiger partial charge in [0.05, 0.1) is 25.4 Å². The van der Waals surface area contributed by atoms with Crippen LogP contribution in [0, 0.1) is 6.92 Å². The summed E-state index contributed by atoms with van der Waals surface area (Å²) in [5.74, 6) is 0.795. The summed E-state index contributed by atoms with van der Waals surface area (Å²) < 4.78 is 21.4. The van der Waals surface area contributed by atoms with Gasteiger partial charge in [-0.1, -0.05) is 17.7 Å². The maximum atomic E-state index is 12.5. The normalized spacial score (nSPS) is 11.8. The highest BCUT2D eigenvalue weighted by atomic mass is 16.7. The highest BCUT2D eigenvalue weighted by Gasteiger charge is 2.18. The summed E-state index contributed by atoms with van der Waals surface area (Å²) >= 11 is 0. The number of hydrogen-bond donors (Lipinski definition) is 2. The zero-order valence-electron chi connectivity index (χ0n) is 18.7. The Hall–Kier alpha value is -4.53. The molecule has 1 heterocycles. The smallest absolute Gasteiger partial charge is 0.343 e. The van der Waals surface area contributed by atoms with Crippen molar-refractivity contribution in [1.82, 2.24) is 5.43 Å². The fraction of sp³-hybridized carbons (Fsp3) is 0.160. The van der Waals surface area contributed by atoms with Gasteiger partial charge in [-0.3, -0.25) is 4.79 Å². The van der Waals surface area contributed by atoms with Gasteiger partial charge in [-0.25, -0.2) is 10.2 Å². The largest absolute Gasteiger partial charge is 0.493 e. The van der Waals surface area contributed by atoms with Gasteiger partial charge in [0.15, 0.2) is 23.0 Å². The molecule has 0 atom stereocenters. The van der Waals surface area contributed by atoms with Crippen LogP contribution in [0.5, 0.6) is 23.0 Å². The molecule has 2 N–H and O–H groups in total. The minimum absolute atomic E-state index is 0.0818. The summed E-state index contributed by atoms with van der Waals surface area (Å²) in [5.41, 5.74) is 5.41. The van der Waals surface area contributed by atoms with Gasteiger partial charge in [0.2, 0.25) is 6.79 Å². The summed E-state index contributed by atoms with van der Waals surface area (Å²) in [7, 11) is 1.46. The molecule has 1 aliphatic rings. The summed E-state index contributed by atoms with van der Waals surface area (Å²) in [4.78, 5) is 24.5. The van der Waals surface area contributed by atoms with Crippen LogP contribution in [0.4, 0.5) is 5.69 Å². The number of esters is 1. The molecule has 0 unspecified atom stereocenters. The van der Waals surface area contributed by atoms with Gasteiger partial charge in [-0.15, -0.1) is 0 Å². The molecule has 0 spiro atoms. The van der Waals surface area contributed by atoms with Crippen LogP contribution in [0.1, 0.15) is 21.5 Å². The molecule has 0 radical (unpaired) electrons. The Balaban J connectivity index is 1.33. The molecule has 0 aliphatic carbocycles. The first-order valence-corrected chi connectivity index (χ1v) is 10.4. The summed E-state index contributed by atoms with van der Waals surface area (Å²) in [6, 6.07) is 17.5. The van der Waals surface area contributed by atoms with Gasteiger partial charge >= 0.3 is 5.97 Å². The third-order valence-electron chi connectivity index (χ3n) is 4.91. The predicted molar refractivity (Wildman–Crippen MR) is 126 cm³/mol. The molecule has 3 aromatic carbocycles. The number of hydrogen-bond acceptors (Lipinski definition) is 8. The number of carbonyl (C=O) groups excluding carboxylic acids is 2. The Bertz CT molecular complexity index is 1220. The number of hydrazone groups is 1. The van der Waals surface area contributed by atoms with E-state index in [2.05, 4.69) is 15.8 Å². The SMILES string of the molecule is COc1cc(/C=N\NC(=O)CNc2ccc(C)cc2)ccc1OC(=O)c1ccc2c(c1)OCO2. The molecule has 4 rings (SSSR count). The Morgan fingerprint density at radius 2 is 1.79 bits per heavy atom. The van der Waals surface area contributed by atoms with Gasteiger partial charge < -0.3 is 24.3 Å². The molecule has 0 saturated carbocycles. The quantitative estimate of drug-likeness (QED) is 0.229. The van der Waals surface area contributed by atoms with E-state index in [1.165, 1.54) is 13.3 Å². The number of nitrogens with zero attached hydrogens (tertiary/aromatic N) is 1. The van der Waals surface area contributed by atoms with Crippen molar-refractivity contribution in [2.24, 2.45) is 5.10 Å². The van der Waals surface area contributed by atoms with Crippen molar-refractivity contribution >= 4 is 23.8 Å². The van der Waals surface area contributed by atoms with E-state index in [4.69, 9.17) is 18.9 Å². The van der Waals surface area contributed by atoms with E-state index in [1.54, 1.807) is 36.4 Å². The molecule has 1 aliphatic heterocycles. The van der Waals surface area contributed by atoms with Gasteiger partial charge in [-0.2, -0.15) is 5.10 Å². The summed E-state index contributed by atoms with van der Waals surface area (Å²) in [6.07, 6.45) is 1.47. The number of ether oxygens (including phenoxy) is 4. The maximum Gasteiger partial charge on any atom is 0.343 e. The van der Waals surface area contributed by atoms with E-state index in [9.17, 15) is 9.59 Å². The highest BCUT2D eigenvalue weighted by molar-refractivity contribution is 5.92. The van der Waals surface area contributed by atoms with Crippen molar-refractivity contribution in [2.45, 2.75) is 6.92 Å². The van der Waals surface area contributed by atoms with Gasteiger partial charge in [0, 0.05) is 5.69 Å².